The van der Waals surface area contributed by atoms with Gasteiger partial charge in [0.05, 0.1) is 35.4 Å². The van der Waals surface area contributed by atoms with Crippen LogP contribution in [0.2, 0.25) is 5.02 Å². The molecule has 0 saturated carbocycles. The van der Waals surface area contributed by atoms with Gasteiger partial charge in [0, 0.05) is 26.2 Å². The number of aliphatic hydroxyl groups excluding tert-OH is 1. The Balaban J connectivity index is 1.69. The Bertz CT molecular complexity index is 614. The van der Waals surface area contributed by atoms with Gasteiger partial charge >= 0.3 is 0 Å². The average Bonchev–Trinajstić information content (AvgIpc) is 2.56. The van der Waals surface area contributed by atoms with Crippen LogP contribution in [0.5, 0.6) is 0 Å². The second-order valence-electron chi connectivity index (χ2n) is 4.95. The topological polar surface area (TPSA) is 52.5 Å². The molecule has 0 unspecified atom stereocenters. The Morgan fingerprint density at radius 1 is 1.05 bits per heavy atom. The number of hydrogen-bond acceptors (Lipinski definition) is 5. The summed E-state index contributed by atoms with van der Waals surface area (Å²) < 4.78 is 0. The van der Waals surface area contributed by atoms with E-state index in [0.717, 1.165) is 42.7 Å². The van der Waals surface area contributed by atoms with Crippen molar-refractivity contribution < 1.29 is 5.11 Å². The van der Waals surface area contributed by atoms with Crippen LogP contribution < -0.4 is 9.80 Å². The summed E-state index contributed by atoms with van der Waals surface area (Å²) in [5, 5.41) is 9.92. The molecule has 2 heterocycles. The van der Waals surface area contributed by atoms with Crippen LogP contribution in [-0.2, 0) is 6.61 Å². The van der Waals surface area contributed by atoms with Gasteiger partial charge in [0.1, 0.15) is 5.82 Å². The van der Waals surface area contributed by atoms with Crippen LogP contribution in [0.25, 0.3) is 0 Å². The number of nitrogens with zero attached hydrogens (tertiary/aromatic N) is 4. The van der Waals surface area contributed by atoms with Gasteiger partial charge in [-0.1, -0.05) is 23.7 Å². The summed E-state index contributed by atoms with van der Waals surface area (Å²) in [6, 6.07) is 7.91. The lowest BCUT2D eigenvalue weighted by Crippen LogP contribution is -2.47. The highest BCUT2D eigenvalue weighted by Gasteiger charge is 2.20. The fourth-order valence-electron chi connectivity index (χ4n) is 2.51. The molecular formula is C15H17ClN4O. The molecule has 1 aromatic heterocycles. The first kappa shape index (κ1) is 14.1. The van der Waals surface area contributed by atoms with Crippen molar-refractivity contribution in [1.82, 2.24) is 9.97 Å². The average molecular weight is 305 g/mol. The minimum atomic E-state index is -0.0829. The van der Waals surface area contributed by atoms with Gasteiger partial charge in [0.15, 0.2) is 0 Å². The predicted molar refractivity (Wildman–Crippen MR) is 83.8 cm³/mol. The normalized spacial score (nSPS) is 15.3. The van der Waals surface area contributed by atoms with Crippen molar-refractivity contribution in [3.63, 3.8) is 0 Å². The highest BCUT2D eigenvalue weighted by Crippen LogP contribution is 2.26. The molecule has 1 aromatic carbocycles. The smallest absolute Gasteiger partial charge is 0.147 e. The highest BCUT2D eigenvalue weighted by molar-refractivity contribution is 6.33. The van der Waals surface area contributed by atoms with Crippen LogP contribution in [0, 0.1) is 0 Å². The van der Waals surface area contributed by atoms with Crippen LogP contribution in [0.4, 0.5) is 11.5 Å². The minimum Gasteiger partial charge on any atom is -0.390 e. The largest absolute Gasteiger partial charge is 0.390 e. The number of hydrogen-bond donors (Lipinski definition) is 1. The van der Waals surface area contributed by atoms with E-state index in [0.29, 0.717) is 5.69 Å². The highest BCUT2D eigenvalue weighted by atomic mass is 35.5. The first-order valence-electron chi connectivity index (χ1n) is 6.94. The summed E-state index contributed by atoms with van der Waals surface area (Å²) in [6.45, 7) is 3.40. The van der Waals surface area contributed by atoms with Crippen LogP contribution in [0.3, 0.4) is 0 Å². The maximum atomic E-state index is 9.14. The van der Waals surface area contributed by atoms with Gasteiger partial charge in [-0.15, -0.1) is 0 Å². The fourth-order valence-corrected chi connectivity index (χ4v) is 2.76. The van der Waals surface area contributed by atoms with Crippen molar-refractivity contribution in [2.24, 2.45) is 0 Å². The summed E-state index contributed by atoms with van der Waals surface area (Å²) in [4.78, 5) is 13.0. The number of halogens is 1. The second-order valence-corrected chi connectivity index (χ2v) is 5.36. The third-order valence-electron chi connectivity index (χ3n) is 3.63. The lowest BCUT2D eigenvalue weighted by Gasteiger charge is -2.37. The quantitative estimate of drug-likeness (QED) is 0.939. The van der Waals surface area contributed by atoms with E-state index >= 15 is 0 Å². The Hall–Kier alpha value is -1.85. The first-order valence-corrected chi connectivity index (χ1v) is 7.32. The Morgan fingerprint density at radius 3 is 2.48 bits per heavy atom. The van der Waals surface area contributed by atoms with Crippen LogP contribution in [0.15, 0.2) is 36.7 Å². The zero-order valence-corrected chi connectivity index (χ0v) is 12.4. The van der Waals surface area contributed by atoms with Gasteiger partial charge in [0.2, 0.25) is 0 Å². The number of aromatic nitrogens is 2. The van der Waals surface area contributed by atoms with Crippen molar-refractivity contribution in [1.29, 1.82) is 0 Å². The molecule has 1 aliphatic heterocycles. The first-order chi connectivity index (χ1) is 10.3. The number of para-hydroxylation sites is 1. The number of benzene rings is 1. The Labute approximate surface area is 128 Å². The van der Waals surface area contributed by atoms with Crippen molar-refractivity contribution in [3.8, 4) is 0 Å². The van der Waals surface area contributed by atoms with Crippen LogP contribution in [-0.4, -0.2) is 41.3 Å². The van der Waals surface area contributed by atoms with Crippen LogP contribution >= 0.6 is 11.6 Å². The Kier molecular flexibility index (Phi) is 4.22. The maximum Gasteiger partial charge on any atom is 0.147 e. The Morgan fingerprint density at radius 2 is 1.76 bits per heavy atom. The lowest BCUT2D eigenvalue weighted by atomic mass is 10.2. The molecule has 5 nitrogen and oxygen atoms in total. The summed E-state index contributed by atoms with van der Waals surface area (Å²) in [5.74, 6) is 0.820. The molecule has 0 spiro atoms. The molecule has 0 amide bonds. The van der Waals surface area contributed by atoms with Gasteiger partial charge in [-0.25, -0.2) is 4.98 Å². The van der Waals surface area contributed by atoms with Crippen molar-refractivity contribution in [2.75, 3.05) is 36.0 Å². The van der Waals surface area contributed by atoms with E-state index in [1.807, 2.05) is 24.3 Å². The number of rotatable bonds is 3. The van der Waals surface area contributed by atoms with E-state index in [1.165, 1.54) is 0 Å². The van der Waals surface area contributed by atoms with Gasteiger partial charge in [-0.05, 0) is 12.1 Å². The van der Waals surface area contributed by atoms with E-state index in [2.05, 4.69) is 19.8 Å². The second kappa shape index (κ2) is 6.28. The molecule has 0 bridgehead atoms. The maximum absolute atomic E-state index is 9.14. The molecule has 110 valence electrons. The zero-order chi connectivity index (χ0) is 14.7. The molecule has 1 saturated heterocycles. The molecule has 0 aliphatic carbocycles. The standard InChI is InChI=1S/C15H17ClN4O/c16-13-3-1-2-4-14(13)19-5-7-20(8-6-19)15-10-17-9-12(11-21)18-15/h1-4,9-10,21H,5-8,11H2. The van der Waals surface area contributed by atoms with E-state index in [4.69, 9.17) is 16.7 Å². The van der Waals surface area contributed by atoms with Crippen molar-refractivity contribution in [3.05, 3.63) is 47.4 Å². The molecule has 6 heteroatoms. The van der Waals surface area contributed by atoms with Crippen LogP contribution in [0.1, 0.15) is 5.69 Å². The molecule has 3 rings (SSSR count). The number of anilines is 2. The fraction of sp³-hybridized carbons (Fsp3) is 0.333. The van der Waals surface area contributed by atoms with Gasteiger partial charge < -0.3 is 14.9 Å². The van der Waals surface area contributed by atoms with E-state index in [1.54, 1.807) is 12.4 Å². The summed E-state index contributed by atoms with van der Waals surface area (Å²) in [6.07, 6.45) is 3.33. The van der Waals surface area contributed by atoms with E-state index in [-0.39, 0.29) is 6.61 Å². The monoisotopic (exact) mass is 304 g/mol. The molecule has 1 N–H and O–H groups in total. The summed E-state index contributed by atoms with van der Waals surface area (Å²) >= 11 is 6.25. The summed E-state index contributed by atoms with van der Waals surface area (Å²) in [5.41, 5.74) is 1.68. The predicted octanol–water partition coefficient (Wildman–Crippen LogP) is 1.95. The van der Waals surface area contributed by atoms with Crippen molar-refractivity contribution in [2.45, 2.75) is 6.61 Å². The van der Waals surface area contributed by atoms with Gasteiger partial charge in [0.25, 0.3) is 0 Å². The van der Waals surface area contributed by atoms with E-state index in [9.17, 15) is 0 Å². The molecule has 1 fully saturated rings. The van der Waals surface area contributed by atoms with E-state index < -0.39 is 0 Å². The molecule has 2 aromatic rings. The minimum absolute atomic E-state index is 0.0829. The number of aliphatic hydroxyl groups is 1. The van der Waals surface area contributed by atoms with Gasteiger partial charge in [-0.3, -0.25) is 4.98 Å². The van der Waals surface area contributed by atoms with Crippen molar-refractivity contribution >= 4 is 23.1 Å². The zero-order valence-electron chi connectivity index (χ0n) is 11.6. The molecule has 0 radical (unpaired) electrons. The molecule has 0 atom stereocenters. The number of piperazine rings is 1. The molecular weight excluding hydrogens is 288 g/mol. The molecule has 1 aliphatic rings. The summed E-state index contributed by atoms with van der Waals surface area (Å²) in [7, 11) is 0. The third-order valence-corrected chi connectivity index (χ3v) is 3.95. The SMILES string of the molecule is OCc1cncc(N2CCN(c3ccccc3Cl)CC2)n1. The third kappa shape index (κ3) is 3.09. The lowest BCUT2D eigenvalue weighted by molar-refractivity contribution is 0.276. The molecule has 21 heavy (non-hydrogen) atoms. The van der Waals surface area contributed by atoms with Gasteiger partial charge in [-0.2, -0.15) is 0 Å².